The molecule has 30 heavy (non-hydrogen) atoms. The largest absolute Gasteiger partial charge is 0.484 e. The van der Waals surface area contributed by atoms with E-state index in [4.69, 9.17) is 14.2 Å². The number of ether oxygens (including phenoxy) is 3. The van der Waals surface area contributed by atoms with Gasteiger partial charge in [0.1, 0.15) is 17.2 Å². The fourth-order valence-corrected chi connectivity index (χ4v) is 3.98. The lowest BCUT2D eigenvalue weighted by atomic mass is 9.96. The van der Waals surface area contributed by atoms with Crippen molar-refractivity contribution in [3.63, 3.8) is 0 Å². The molecule has 2 heterocycles. The molecule has 0 spiro atoms. The normalized spacial score (nSPS) is 18.2. The summed E-state index contributed by atoms with van der Waals surface area (Å²) in [5.41, 5.74) is 0. The summed E-state index contributed by atoms with van der Waals surface area (Å²) in [6.45, 7) is 6.58. The number of carbonyl (C=O) groups is 1. The third-order valence-corrected chi connectivity index (χ3v) is 5.75. The van der Waals surface area contributed by atoms with Gasteiger partial charge in [-0.1, -0.05) is 18.2 Å². The maximum atomic E-state index is 12.5. The van der Waals surface area contributed by atoms with E-state index in [0.717, 1.165) is 70.3 Å². The van der Waals surface area contributed by atoms with E-state index in [1.165, 1.54) is 0 Å². The summed E-state index contributed by atoms with van der Waals surface area (Å²) in [6, 6.07) is 17.0. The van der Waals surface area contributed by atoms with E-state index in [9.17, 15) is 4.79 Å². The van der Waals surface area contributed by atoms with Crippen molar-refractivity contribution in [1.29, 1.82) is 0 Å². The van der Waals surface area contributed by atoms with Crippen LogP contribution in [-0.4, -0.2) is 68.3 Å². The lowest BCUT2D eigenvalue weighted by Crippen LogP contribution is -2.45. The van der Waals surface area contributed by atoms with Gasteiger partial charge in [0.15, 0.2) is 6.61 Å². The number of benzene rings is 2. The zero-order valence-corrected chi connectivity index (χ0v) is 17.4. The Labute approximate surface area is 178 Å². The molecule has 0 atom stereocenters. The number of piperidine rings is 1. The van der Waals surface area contributed by atoms with Gasteiger partial charge in [-0.15, -0.1) is 0 Å². The molecule has 2 fully saturated rings. The number of rotatable bonds is 7. The van der Waals surface area contributed by atoms with E-state index >= 15 is 0 Å². The molecular formula is C24H30N2O4. The first-order valence-corrected chi connectivity index (χ1v) is 10.8. The standard InChI is InChI=1S/C24H30N2O4/c27-24(26-12-10-20(11-13-26)18-25-14-16-28-17-15-25)19-29-21-6-8-23(9-7-21)30-22-4-2-1-3-5-22/h1-9,20H,10-19H2. The summed E-state index contributed by atoms with van der Waals surface area (Å²) in [7, 11) is 0. The summed E-state index contributed by atoms with van der Waals surface area (Å²) in [4.78, 5) is 16.9. The second kappa shape index (κ2) is 10.5. The molecule has 4 rings (SSSR count). The van der Waals surface area contributed by atoms with Crippen molar-refractivity contribution in [2.75, 3.05) is 52.5 Å². The van der Waals surface area contributed by atoms with Crippen molar-refractivity contribution >= 4 is 5.91 Å². The smallest absolute Gasteiger partial charge is 0.260 e. The second-order valence-corrected chi connectivity index (χ2v) is 7.91. The number of morpholine rings is 1. The zero-order valence-electron chi connectivity index (χ0n) is 17.4. The molecular weight excluding hydrogens is 380 g/mol. The van der Waals surface area contributed by atoms with Gasteiger partial charge < -0.3 is 19.1 Å². The van der Waals surface area contributed by atoms with E-state index in [2.05, 4.69) is 4.90 Å². The Hall–Kier alpha value is -2.57. The molecule has 0 aliphatic carbocycles. The monoisotopic (exact) mass is 410 g/mol. The Balaban J connectivity index is 1.17. The van der Waals surface area contributed by atoms with Crippen LogP contribution in [0.4, 0.5) is 0 Å². The molecule has 160 valence electrons. The quantitative estimate of drug-likeness (QED) is 0.700. The topological polar surface area (TPSA) is 51.2 Å². The predicted molar refractivity (Wildman–Crippen MR) is 115 cm³/mol. The molecule has 6 heteroatoms. The molecule has 6 nitrogen and oxygen atoms in total. The highest BCUT2D eigenvalue weighted by atomic mass is 16.5. The number of para-hydroxylation sites is 1. The van der Waals surface area contributed by atoms with E-state index in [1.54, 1.807) is 0 Å². The molecule has 2 aliphatic heterocycles. The van der Waals surface area contributed by atoms with Crippen molar-refractivity contribution in [2.45, 2.75) is 12.8 Å². The summed E-state index contributed by atoms with van der Waals surface area (Å²) in [5.74, 6) is 2.93. The van der Waals surface area contributed by atoms with Crippen molar-refractivity contribution < 1.29 is 19.0 Å². The van der Waals surface area contributed by atoms with Crippen LogP contribution in [0.3, 0.4) is 0 Å². The summed E-state index contributed by atoms with van der Waals surface area (Å²) >= 11 is 0. The fraction of sp³-hybridized carbons (Fsp3) is 0.458. The number of hydrogen-bond acceptors (Lipinski definition) is 5. The first-order valence-electron chi connectivity index (χ1n) is 10.8. The first kappa shape index (κ1) is 20.7. The van der Waals surface area contributed by atoms with Gasteiger partial charge in [-0.25, -0.2) is 0 Å². The van der Waals surface area contributed by atoms with Crippen LogP contribution >= 0.6 is 0 Å². The van der Waals surface area contributed by atoms with Crippen LogP contribution in [-0.2, 0) is 9.53 Å². The Morgan fingerprint density at radius 1 is 0.867 bits per heavy atom. The van der Waals surface area contributed by atoms with Gasteiger partial charge in [0.2, 0.25) is 0 Å². The number of nitrogens with zero attached hydrogens (tertiary/aromatic N) is 2. The highest BCUT2D eigenvalue weighted by molar-refractivity contribution is 5.77. The Kier molecular flexibility index (Phi) is 7.21. The summed E-state index contributed by atoms with van der Waals surface area (Å²) < 4.78 is 16.9. The molecule has 2 aromatic rings. The molecule has 0 saturated carbocycles. The zero-order chi connectivity index (χ0) is 20.6. The molecule has 0 aromatic heterocycles. The van der Waals surface area contributed by atoms with Gasteiger partial charge >= 0.3 is 0 Å². The van der Waals surface area contributed by atoms with Gasteiger partial charge in [0.05, 0.1) is 13.2 Å². The van der Waals surface area contributed by atoms with E-state index in [1.807, 2.05) is 59.5 Å². The number of likely N-dealkylation sites (tertiary alicyclic amines) is 1. The molecule has 0 bridgehead atoms. The molecule has 2 aromatic carbocycles. The minimum Gasteiger partial charge on any atom is -0.484 e. The molecule has 0 unspecified atom stereocenters. The SMILES string of the molecule is O=C(COc1ccc(Oc2ccccc2)cc1)N1CCC(CN2CCOCC2)CC1. The fourth-order valence-electron chi connectivity index (χ4n) is 3.98. The van der Waals surface area contributed by atoms with Gasteiger partial charge in [-0.2, -0.15) is 0 Å². The van der Waals surface area contributed by atoms with Gasteiger partial charge in [-0.05, 0) is 55.2 Å². The van der Waals surface area contributed by atoms with Crippen LogP contribution in [0, 0.1) is 5.92 Å². The maximum Gasteiger partial charge on any atom is 0.260 e. The van der Waals surface area contributed by atoms with Gasteiger partial charge in [0.25, 0.3) is 5.91 Å². The highest BCUT2D eigenvalue weighted by Gasteiger charge is 2.25. The van der Waals surface area contributed by atoms with Crippen molar-refractivity contribution in [3.05, 3.63) is 54.6 Å². The Morgan fingerprint density at radius 2 is 1.50 bits per heavy atom. The Bertz CT molecular complexity index is 783. The minimum atomic E-state index is 0.0597. The molecule has 2 saturated heterocycles. The lowest BCUT2D eigenvalue weighted by molar-refractivity contribution is -0.134. The van der Waals surface area contributed by atoms with E-state index in [0.29, 0.717) is 11.7 Å². The molecule has 1 amide bonds. The van der Waals surface area contributed by atoms with Crippen LogP contribution in [0.1, 0.15) is 12.8 Å². The van der Waals surface area contributed by atoms with E-state index < -0.39 is 0 Å². The molecule has 0 radical (unpaired) electrons. The lowest BCUT2D eigenvalue weighted by Gasteiger charge is -2.36. The molecule has 0 N–H and O–H groups in total. The average Bonchev–Trinajstić information content (AvgIpc) is 2.80. The van der Waals surface area contributed by atoms with Gasteiger partial charge in [0, 0.05) is 32.7 Å². The van der Waals surface area contributed by atoms with Crippen LogP contribution in [0.5, 0.6) is 17.2 Å². The van der Waals surface area contributed by atoms with Crippen molar-refractivity contribution in [3.8, 4) is 17.2 Å². The third-order valence-electron chi connectivity index (χ3n) is 5.75. The predicted octanol–water partition coefficient (Wildman–Crippen LogP) is 3.43. The Morgan fingerprint density at radius 3 is 2.20 bits per heavy atom. The highest BCUT2D eigenvalue weighted by Crippen LogP contribution is 2.24. The first-order chi connectivity index (χ1) is 14.8. The van der Waals surface area contributed by atoms with Crippen LogP contribution in [0.15, 0.2) is 54.6 Å². The maximum absolute atomic E-state index is 12.5. The molecule has 2 aliphatic rings. The third kappa shape index (κ3) is 5.97. The number of hydrogen-bond donors (Lipinski definition) is 0. The minimum absolute atomic E-state index is 0.0597. The summed E-state index contributed by atoms with van der Waals surface area (Å²) in [5, 5.41) is 0. The second-order valence-electron chi connectivity index (χ2n) is 7.91. The van der Waals surface area contributed by atoms with Crippen LogP contribution in [0.25, 0.3) is 0 Å². The van der Waals surface area contributed by atoms with Gasteiger partial charge in [-0.3, -0.25) is 9.69 Å². The summed E-state index contributed by atoms with van der Waals surface area (Å²) in [6.07, 6.45) is 2.13. The van der Waals surface area contributed by atoms with Crippen LogP contribution in [0.2, 0.25) is 0 Å². The average molecular weight is 411 g/mol. The van der Waals surface area contributed by atoms with Crippen molar-refractivity contribution in [1.82, 2.24) is 9.80 Å². The van der Waals surface area contributed by atoms with Crippen molar-refractivity contribution in [2.24, 2.45) is 5.92 Å². The number of carbonyl (C=O) groups excluding carboxylic acids is 1. The number of amides is 1. The van der Waals surface area contributed by atoms with E-state index in [-0.39, 0.29) is 12.5 Å². The van der Waals surface area contributed by atoms with Crippen LogP contribution < -0.4 is 9.47 Å².